The van der Waals surface area contributed by atoms with Crippen LogP contribution in [-0.2, 0) is 9.53 Å². The van der Waals surface area contributed by atoms with Crippen molar-refractivity contribution in [1.82, 2.24) is 10.2 Å². The van der Waals surface area contributed by atoms with E-state index in [1.807, 2.05) is 18.2 Å². The van der Waals surface area contributed by atoms with Crippen LogP contribution in [0.5, 0.6) is 0 Å². The van der Waals surface area contributed by atoms with Gasteiger partial charge in [0.05, 0.1) is 6.10 Å². The van der Waals surface area contributed by atoms with Crippen molar-refractivity contribution in [2.75, 3.05) is 20.2 Å². The Bertz CT molecular complexity index is 528. The molecule has 132 valence electrons. The van der Waals surface area contributed by atoms with Gasteiger partial charge in [0, 0.05) is 38.2 Å². The van der Waals surface area contributed by atoms with Crippen LogP contribution in [-0.4, -0.2) is 43.1 Å². The second-order valence-electron chi connectivity index (χ2n) is 7.27. The largest absolute Gasteiger partial charge is 0.375 e. The molecule has 0 aromatic heterocycles. The zero-order valence-corrected chi connectivity index (χ0v) is 14.9. The highest BCUT2D eigenvalue weighted by Gasteiger charge is 2.33. The van der Waals surface area contributed by atoms with Crippen LogP contribution in [0.15, 0.2) is 30.3 Å². The summed E-state index contributed by atoms with van der Waals surface area (Å²) >= 11 is 0. The molecule has 1 aromatic rings. The summed E-state index contributed by atoms with van der Waals surface area (Å²) < 4.78 is 5.72. The van der Waals surface area contributed by atoms with Crippen molar-refractivity contribution in [3.63, 3.8) is 0 Å². The predicted octanol–water partition coefficient (Wildman–Crippen LogP) is 3.14. The minimum absolute atomic E-state index is 0.0331. The van der Waals surface area contributed by atoms with Gasteiger partial charge in [0.1, 0.15) is 0 Å². The fraction of sp³-hybridized carbons (Fsp3) is 0.650. The van der Waals surface area contributed by atoms with E-state index in [2.05, 4.69) is 29.3 Å². The van der Waals surface area contributed by atoms with Gasteiger partial charge in [0.2, 0.25) is 5.91 Å². The summed E-state index contributed by atoms with van der Waals surface area (Å²) in [6, 6.07) is 10.9. The van der Waals surface area contributed by atoms with Crippen molar-refractivity contribution in [1.29, 1.82) is 0 Å². The number of hydrogen-bond donors (Lipinski definition) is 1. The Kier molecular flexibility index (Phi) is 5.90. The molecule has 3 atom stereocenters. The molecular formula is C20H30N2O2. The van der Waals surface area contributed by atoms with Gasteiger partial charge in [-0.15, -0.1) is 0 Å². The molecular weight excluding hydrogens is 300 g/mol. The Hall–Kier alpha value is -1.39. The highest BCUT2D eigenvalue weighted by Crippen LogP contribution is 2.28. The third-order valence-corrected chi connectivity index (χ3v) is 5.54. The van der Waals surface area contributed by atoms with Gasteiger partial charge < -0.3 is 15.0 Å². The number of carbonyl (C=O) groups is 1. The highest BCUT2D eigenvalue weighted by molar-refractivity contribution is 5.79. The summed E-state index contributed by atoms with van der Waals surface area (Å²) in [7, 11) is 1.76. The van der Waals surface area contributed by atoms with Crippen LogP contribution in [0.25, 0.3) is 0 Å². The molecule has 1 aliphatic carbocycles. The Morgan fingerprint density at radius 1 is 1.21 bits per heavy atom. The fourth-order valence-corrected chi connectivity index (χ4v) is 4.26. The Balaban J connectivity index is 1.53. The van der Waals surface area contributed by atoms with Crippen LogP contribution in [0.2, 0.25) is 0 Å². The maximum atomic E-state index is 12.6. The van der Waals surface area contributed by atoms with E-state index in [0.29, 0.717) is 11.9 Å². The number of amides is 1. The van der Waals surface area contributed by atoms with E-state index in [0.717, 1.165) is 32.4 Å². The summed E-state index contributed by atoms with van der Waals surface area (Å²) in [5, 5.41) is 3.68. The van der Waals surface area contributed by atoms with Gasteiger partial charge in [0.25, 0.3) is 0 Å². The average molecular weight is 330 g/mol. The van der Waals surface area contributed by atoms with Gasteiger partial charge in [-0.05, 0) is 31.7 Å². The normalized spacial score (nSPS) is 24.2. The first-order valence-corrected chi connectivity index (χ1v) is 9.31. The molecule has 2 fully saturated rings. The molecule has 1 amide bonds. The van der Waals surface area contributed by atoms with Crippen LogP contribution < -0.4 is 5.32 Å². The molecule has 1 N–H and O–H groups in total. The summed E-state index contributed by atoms with van der Waals surface area (Å²) in [5.74, 6) is 0.674. The quantitative estimate of drug-likeness (QED) is 0.871. The fourth-order valence-electron chi connectivity index (χ4n) is 4.26. The third-order valence-electron chi connectivity index (χ3n) is 5.54. The van der Waals surface area contributed by atoms with Crippen LogP contribution in [0, 0.1) is 5.92 Å². The molecule has 2 aliphatic rings. The van der Waals surface area contributed by atoms with Gasteiger partial charge in [0.15, 0.2) is 0 Å². The molecule has 24 heavy (non-hydrogen) atoms. The first kappa shape index (κ1) is 17.4. The first-order valence-electron chi connectivity index (χ1n) is 9.31. The minimum Gasteiger partial charge on any atom is -0.375 e. The minimum atomic E-state index is 0.0331. The summed E-state index contributed by atoms with van der Waals surface area (Å²) in [5.41, 5.74) is 1.19. The van der Waals surface area contributed by atoms with Gasteiger partial charge in [-0.25, -0.2) is 0 Å². The maximum Gasteiger partial charge on any atom is 0.225 e. The van der Waals surface area contributed by atoms with E-state index in [4.69, 9.17) is 4.74 Å². The summed E-state index contributed by atoms with van der Waals surface area (Å²) in [6.45, 7) is 3.90. The molecule has 3 rings (SSSR count). The predicted molar refractivity (Wildman–Crippen MR) is 95.7 cm³/mol. The van der Waals surface area contributed by atoms with Gasteiger partial charge in [-0.3, -0.25) is 4.79 Å². The van der Waals surface area contributed by atoms with E-state index in [9.17, 15) is 4.79 Å². The van der Waals surface area contributed by atoms with Crippen LogP contribution in [0.4, 0.5) is 0 Å². The van der Waals surface area contributed by atoms with Crippen molar-refractivity contribution in [2.24, 2.45) is 5.92 Å². The number of rotatable bonds is 6. The van der Waals surface area contributed by atoms with E-state index in [1.54, 1.807) is 7.11 Å². The van der Waals surface area contributed by atoms with Crippen molar-refractivity contribution in [3.05, 3.63) is 35.9 Å². The molecule has 1 heterocycles. The number of ether oxygens (including phenoxy) is 1. The van der Waals surface area contributed by atoms with E-state index in [1.165, 1.54) is 18.4 Å². The molecule has 0 unspecified atom stereocenters. The number of nitrogens with zero attached hydrogens (tertiary/aromatic N) is 1. The lowest BCUT2D eigenvalue weighted by Gasteiger charge is -2.27. The molecule has 1 saturated carbocycles. The molecule has 1 aromatic carbocycles. The van der Waals surface area contributed by atoms with Gasteiger partial charge in [-0.1, -0.05) is 43.2 Å². The van der Waals surface area contributed by atoms with Gasteiger partial charge in [-0.2, -0.15) is 0 Å². The number of carbonyl (C=O) groups excluding carboxylic acids is 1. The molecule has 1 saturated heterocycles. The van der Waals surface area contributed by atoms with Crippen LogP contribution in [0.1, 0.15) is 50.7 Å². The highest BCUT2D eigenvalue weighted by atomic mass is 16.5. The Morgan fingerprint density at radius 2 is 1.92 bits per heavy atom. The lowest BCUT2D eigenvalue weighted by Crippen LogP contribution is -2.43. The topological polar surface area (TPSA) is 41.6 Å². The monoisotopic (exact) mass is 330 g/mol. The van der Waals surface area contributed by atoms with Gasteiger partial charge >= 0.3 is 0 Å². The number of methoxy groups -OCH3 is 1. The molecule has 0 spiro atoms. The van der Waals surface area contributed by atoms with Crippen molar-refractivity contribution >= 4 is 5.91 Å². The second kappa shape index (κ2) is 8.13. The maximum absolute atomic E-state index is 12.6. The number of likely N-dealkylation sites (tertiary alicyclic amines) is 1. The van der Waals surface area contributed by atoms with E-state index >= 15 is 0 Å². The Morgan fingerprint density at radius 3 is 2.58 bits per heavy atom. The Labute approximate surface area is 145 Å². The SMILES string of the molecule is CO[C@H](c1ccccc1)[C@H](C)N[C@H]1CCN(C(=O)C2CCCC2)C1. The zero-order valence-electron chi connectivity index (χ0n) is 14.9. The number of nitrogens with one attached hydrogen (secondary N) is 1. The lowest BCUT2D eigenvalue weighted by atomic mass is 10.0. The molecule has 4 heteroatoms. The molecule has 4 nitrogen and oxygen atoms in total. The van der Waals surface area contributed by atoms with Crippen molar-refractivity contribution < 1.29 is 9.53 Å². The van der Waals surface area contributed by atoms with E-state index < -0.39 is 0 Å². The first-order chi connectivity index (χ1) is 11.7. The smallest absolute Gasteiger partial charge is 0.225 e. The average Bonchev–Trinajstić information content (AvgIpc) is 3.28. The lowest BCUT2D eigenvalue weighted by molar-refractivity contribution is -0.134. The number of benzene rings is 1. The third kappa shape index (κ3) is 3.98. The van der Waals surface area contributed by atoms with Crippen LogP contribution >= 0.6 is 0 Å². The molecule has 0 radical (unpaired) electrons. The zero-order chi connectivity index (χ0) is 16.9. The van der Waals surface area contributed by atoms with Crippen LogP contribution in [0.3, 0.4) is 0 Å². The second-order valence-corrected chi connectivity index (χ2v) is 7.27. The standard InChI is InChI=1S/C20H30N2O2/c1-15(19(24-2)16-8-4-3-5-9-16)21-18-12-13-22(14-18)20(23)17-10-6-7-11-17/h3-5,8-9,15,17-19,21H,6-7,10-14H2,1-2H3/t15-,18-,19-/m0/s1. The van der Waals surface area contributed by atoms with Crippen molar-refractivity contribution in [2.45, 2.75) is 57.2 Å². The summed E-state index contributed by atoms with van der Waals surface area (Å²) in [6.07, 6.45) is 5.68. The van der Waals surface area contributed by atoms with Crippen molar-refractivity contribution in [3.8, 4) is 0 Å². The summed E-state index contributed by atoms with van der Waals surface area (Å²) in [4.78, 5) is 14.6. The van der Waals surface area contributed by atoms with E-state index in [-0.39, 0.29) is 18.1 Å². The molecule has 0 bridgehead atoms. The molecule has 1 aliphatic heterocycles. The number of hydrogen-bond acceptors (Lipinski definition) is 3.